The Morgan fingerprint density at radius 3 is 2.57 bits per heavy atom. The van der Waals surface area contributed by atoms with E-state index >= 15 is 0 Å². The van der Waals surface area contributed by atoms with Crippen LogP contribution in [0.15, 0.2) is 36.7 Å². The summed E-state index contributed by atoms with van der Waals surface area (Å²) < 4.78 is 5.34. The highest BCUT2D eigenvalue weighted by Gasteiger charge is 2.35. The van der Waals surface area contributed by atoms with Crippen LogP contribution in [-0.4, -0.2) is 76.3 Å². The Kier molecular flexibility index (Phi) is 6.48. The van der Waals surface area contributed by atoms with Crippen LogP contribution >= 0.6 is 0 Å². The molecule has 1 aromatic carbocycles. The van der Waals surface area contributed by atoms with Gasteiger partial charge in [-0.3, -0.25) is 0 Å². The van der Waals surface area contributed by atoms with E-state index in [4.69, 9.17) is 9.72 Å². The van der Waals surface area contributed by atoms with Gasteiger partial charge >= 0.3 is 0 Å². The zero-order chi connectivity index (χ0) is 24.7. The predicted octanol–water partition coefficient (Wildman–Crippen LogP) is 3.05. The molecule has 2 aliphatic heterocycles. The molecule has 0 radical (unpaired) electrons. The fraction of sp³-hybridized carbons (Fsp3) is 0.500. The number of fused-ring (bicyclic) bond motifs is 1. The number of aromatic nitrogens is 3. The van der Waals surface area contributed by atoms with Gasteiger partial charge in [0.15, 0.2) is 0 Å². The largest absolute Gasteiger partial charge is 0.389 e. The van der Waals surface area contributed by atoms with E-state index in [0.717, 1.165) is 29.4 Å². The van der Waals surface area contributed by atoms with Crippen LogP contribution in [0.25, 0.3) is 10.8 Å². The second-order valence-corrected chi connectivity index (χ2v) is 9.85. The molecule has 3 N–H and O–H groups in total. The fourth-order valence-corrected chi connectivity index (χ4v) is 5.04. The van der Waals surface area contributed by atoms with Crippen LogP contribution in [0.1, 0.15) is 38.7 Å². The molecular formula is C26H34N6O3. The number of benzene rings is 1. The molecule has 3 aromatic rings. The number of nitrogens with one attached hydrogen (secondary N) is 1. The van der Waals surface area contributed by atoms with E-state index in [-0.39, 0.29) is 18.2 Å². The highest BCUT2D eigenvalue weighted by atomic mass is 16.5. The monoisotopic (exact) mass is 478 g/mol. The van der Waals surface area contributed by atoms with Crippen LogP contribution in [-0.2, 0) is 4.74 Å². The van der Waals surface area contributed by atoms with Gasteiger partial charge in [-0.2, -0.15) is 4.98 Å². The maximum atomic E-state index is 10.3. The summed E-state index contributed by atoms with van der Waals surface area (Å²) in [5, 5.41) is 25.9. The average molecular weight is 479 g/mol. The maximum absolute atomic E-state index is 10.3. The van der Waals surface area contributed by atoms with Crippen molar-refractivity contribution in [3.8, 4) is 0 Å². The van der Waals surface area contributed by atoms with E-state index < -0.39 is 6.10 Å². The highest BCUT2D eigenvalue weighted by Crippen LogP contribution is 2.37. The van der Waals surface area contributed by atoms with Crippen LogP contribution in [0.4, 0.5) is 23.3 Å². The predicted molar refractivity (Wildman–Crippen MR) is 138 cm³/mol. The number of pyridine rings is 1. The molecule has 2 saturated heterocycles. The summed E-state index contributed by atoms with van der Waals surface area (Å²) in [6, 6.07) is 8.31. The van der Waals surface area contributed by atoms with Crippen molar-refractivity contribution in [3.05, 3.63) is 42.2 Å². The van der Waals surface area contributed by atoms with Gasteiger partial charge in [-0.15, -0.1) is 0 Å². The lowest BCUT2D eigenvalue weighted by atomic mass is 9.93. The minimum atomic E-state index is -0.574. The molecule has 9 heteroatoms. The third-order valence-electron chi connectivity index (χ3n) is 7.28. The number of methoxy groups -OCH3 is 1. The van der Waals surface area contributed by atoms with Crippen LogP contribution in [0.3, 0.4) is 0 Å². The van der Waals surface area contributed by atoms with Crippen molar-refractivity contribution in [1.82, 2.24) is 15.0 Å². The molecule has 0 spiro atoms. The summed E-state index contributed by atoms with van der Waals surface area (Å²) >= 11 is 0. The number of β-amino-alcohol motifs (C(OH)–C–C–N with tert-alkyl or cyclic N) is 2. The van der Waals surface area contributed by atoms with Crippen LogP contribution < -0.4 is 15.1 Å². The van der Waals surface area contributed by atoms with Crippen molar-refractivity contribution in [1.29, 1.82) is 0 Å². The molecule has 0 amide bonds. The van der Waals surface area contributed by atoms with Crippen molar-refractivity contribution in [3.63, 3.8) is 0 Å². The summed E-state index contributed by atoms with van der Waals surface area (Å²) in [4.78, 5) is 18.0. The molecule has 4 atom stereocenters. The first-order valence-electron chi connectivity index (χ1n) is 12.3. The third-order valence-corrected chi connectivity index (χ3v) is 7.28. The van der Waals surface area contributed by atoms with Gasteiger partial charge in [0.25, 0.3) is 0 Å². The second kappa shape index (κ2) is 9.56. The lowest BCUT2D eigenvalue weighted by Gasteiger charge is -2.45. The number of hydrogen-bond acceptors (Lipinski definition) is 9. The molecular weight excluding hydrogens is 444 g/mol. The van der Waals surface area contributed by atoms with E-state index in [9.17, 15) is 10.2 Å². The Labute approximate surface area is 205 Å². The molecule has 2 aliphatic rings. The summed E-state index contributed by atoms with van der Waals surface area (Å²) in [5.41, 5.74) is 2.35. The molecule has 0 unspecified atom stereocenters. The van der Waals surface area contributed by atoms with Crippen molar-refractivity contribution in [2.75, 3.05) is 41.9 Å². The van der Waals surface area contributed by atoms with E-state index in [1.165, 1.54) is 5.56 Å². The van der Waals surface area contributed by atoms with Crippen LogP contribution in [0.2, 0.25) is 0 Å². The number of anilines is 4. The number of rotatable bonds is 6. The molecule has 9 nitrogen and oxygen atoms in total. The zero-order valence-electron chi connectivity index (χ0n) is 20.7. The van der Waals surface area contributed by atoms with E-state index in [2.05, 4.69) is 52.2 Å². The zero-order valence-corrected chi connectivity index (χ0v) is 20.7. The van der Waals surface area contributed by atoms with E-state index in [0.29, 0.717) is 36.6 Å². The summed E-state index contributed by atoms with van der Waals surface area (Å²) in [5.74, 6) is 2.27. The first-order chi connectivity index (χ1) is 16.9. The Balaban J connectivity index is 1.42. The lowest BCUT2D eigenvalue weighted by Crippen LogP contribution is -2.58. The summed E-state index contributed by atoms with van der Waals surface area (Å²) in [6.45, 7) is 8.21. The number of aliphatic hydroxyl groups excluding tert-OH is 2. The standard InChI is InChI=1S/C26H34N6O3/c1-15(2)17-5-6-20(32-14-21(33)16(32)3)19-12-28-25(11-18(17)19)29-24-7-9-27-26(30-24)31-10-8-23(35-4)22(34)13-31/h5-7,9,11-12,15-16,21-23,33-34H,8,10,13-14H2,1-4H3,(H,27,28,29,30)/t16-,21+,22+,23-/m1/s1. The highest BCUT2D eigenvalue weighted by molar-refractivity contribution is 5.98. The number of aliphatic hydroxyl groups is 2. The molecule has 2 fully saturated rings. The van der Waals surface area contributed by atoms with Gasteiger partial charge < -0.3 is 30.1 Å². The molecule has 5 rings (SSSR count). The molecule has 35 heavy (non-hydrogen) atoms. The van der Waals surface area contributed by atoms with Crippen molar-refractivity contribution in [2.45, 2.75) is 57.5 Å². The maximum Gasteiger partial charge on any atom is 0.227 e. The first kappa shape index (κ1) is 23.7. The van der Waals surface area contributed by atoms with E-state index in [1.54, 1.807) is 13.3 Å². The summed E-state index contributed by atoms with van der Waals surface area (Å²) in [7, 11) is 1.63. The Morgan fingerprint density at radius 2 is 1.89 bits per heavy atom. The average Bonchev–Trinajstić information content (AvgIpc) is 2.86. The van der Waals surface area contributed by atoms with Crippen molar-refractivity contribution in [2.24, 2.45) is 0 Å². The minimum absolute atomic E-state index is 0.0906. The first-order valence-corrected chi connectivity index (χ1v) is 12.3. The molecule has 0 aliphatic carbocycles. The van der Waals surface area contributed by atoms with Crippen LogP contribution in [0.5, 0.6) is 0 Å². The number of ether oxygens (including phenoxy) is 1. The Morgan fingerprint density at radius 1 is 1.06 bits per heavy atom. The van der Waals surface area contributed by atoms with Crippen molar-refractivity contribution >= 4 is 34.0 Å². The Hall–Kier alpha value is -3.01. The minimum Gasteiger partial charge on any atom is -0.389 e. The normalized spacial score (nSPS) is 24.7. The number of piperidine rings is 1. The molecule has 186 valence electrons. The van der Waals surface area contributed by atoms with Gasteiger partial charge in [-0.1, -0.05) is 19.9 Å². The second-order valence-electron chi connectivity index (χ2n) is 9.85. The molecule has 0 bridgehead atoms. The molecule has 2 aromatic heterocycles. The summed E-state index contributed by atoms with van der Waals surface area (Å²) in [6.07, 6.45) is 3.32. The molecule has 4 heterocycles. The number of nitrogens with zero attached hydrogens (tertiary/aromatic N) is 5. The quantitative estimate of drug-likeness (QED) is 0.493. The topological polar surface area (TPSA) is 107 Å². The molecule has 0 saturated carbocycles. The number of hydrogen-bond donors (Lipinski definition) is 3. The van der Waals surface area contributed by atoms with E-state index in [1.807, 2.05) is 24.1 Å². The van der Waals surface area contributed by atoms with Gasteiger partial charge in [-0.05, 0) is 48.4 Å². The Bertz CT molecular complexity index is 1200. The van der Waals surface area contributed by atoms with Gasteiger partial charge in [0, 0.05) is 50.2 Å². The third kappa shape index (κ3) is 4.51. The van der Waals surface area contributed by atoms with Crippen molar-refractivity contribution < 1.29 is 14.9 Å². The van der Waals surface area contributed by atoms with Gasteiger partial charge in [-0.25, -0.2) is 9.97 Å². The SMILES string of the molecule is CO[C@@H]1CCN(c2nccc(Nc3cc4c(C(C)C)ccc(N5C[C@H](O)[C@H]5C)c4cn3)n2)C[C@@H]1O. The van der Waals surface area contributed by atoms with Crippen LogP contribution in [0, 0.1) is 0 Å². The van der Waals surface area contributed by atoms with Gasteiger partial charge in [0.2, 0.25) is 5.95 Å². The smallest absolute Gasteiger partial charge is 0.227 e. The van der Waals surface area contributed by atoms with Gasteiger partial charge in [0.05, 0.1) is 24.4 Å². The lowest BCUT2D eigenvalue weighted by molar-refractivity contribution is -0.0219. The van der Waals surface area contributed by atoms with Gasteiger partial charge in [0.1, 0.15) is 11.6 Å². The fourth-order valence-electron chi connectivity index (χ4n) is 5.04.